The summed E-state index contributed by atoms with van der Waals surface area (Å²) in [5.74, 6) is -0.468. The highest BCUT2D eigenvalue weighted by Gasteiger charge is 2.13. The molecule has 1 N–H and O–H groups in total. The first-order valence-electron chi connectivity index (χ1n) is 4.69. The van der Waals surface area contributed by atoms with E-state index in [2.05, 4.69) is 4.29 Å². The third kappa shape index (κ3) is 3.90. The number of halogens is 1. The molecule has 1 aromatic carbocycles. The van der Waals surface area contributed by atoms with Gasteiger partial charge in [-0.2, -0.15) is 0 Å². The van der Waals surface area contributed by atoms with Gasteiger partial charge in [-0.25, -0.2) is 4.79 Å². The zero-order valence-corrected chi connectivity index (χ0v) is 9.45. The molecule has 0 atom stereocenters. The standard InChI is InChI=1S/C8H7ClO3.C3H4O/c1-5-2-3-7(10)6(4-5)8(11)12-9;4-3-1-2-3/h2-4,10H,1H3;1-2H2. The van der Waals surface area contributed by atoms with Crippen molar-refractivity contribution in [2.75, 3.05) is 0 Å². The Bertz CT molecular complexity index is 408. The molecule has 0 aromatic heterocycles. The molecule has 0 bridgehead atoms. The smallest absolute Gasteiger partial charge is 0.360 e. The van der Waals surface area contributed by atoms with E-state index in [0.717, 1.165) is 18.4 Å². The Hall–Kier alpha value is -1.55. The van der Waals surface area contributed by atoms with Gasteiger partial charge in [0.15, 0.2) is 0 Å². The summed E-state index contributed by atoms with van der Waals surface area (Å²) in [7, 11) is 0. The van der Waals surface area contributed by atoms with E-state index in [1.165, 1.54) is 12.1 Å². The third-order valence-electron chi connectivity index (χ3n) is 1.90. The summed E-state index contributed by atoms with van der Waals surface area (Å²) in [4.78, 5) is 20.4. The first-order chi connectivity index (χ1) is 7.54. The second kappa shape index (κ2) is 5.51. The van der Waals surface area contributed by atoms with Crippen LogP contribution in [0.1, 0.15) is 28.8 Å². The Kier molecular flexibility index (Phi) is 4.31. The van der Waals surface area contributed by atoms with Gasteiger partial charge in [0.1, 0.15) is 29.0 Å². The fourth-order valence-electron chi connectivity index (χ4n) is 0.906. The number of aromatic hydroxyl groups is 1. The van der Waals surface area contributed by atoms with E-state index in [1.54, 1.807) is 13.0 Å². The van der Waals surface area contributed by atoms with Crippen LogP contribution in [-0.2, 0) is 9.08 Å². The third-order valence-corrected chi connectivity index (χ3v) is 2.04. The molecule has 4 nitrogen and oxygen atoms in total. The first kappa shape index (κ1) is 12.5. The molecule has 5 heteroatoms. The Morgan fingerprint density at radius 2 is 2.00 bits per heavy atom. The number of rotatable bonds is 1. The number of hydrogen-bond donors (Lipinski definition) is 1. The number of carbonyl (C=O) groups excluding carboxylic acids is 2. The lowest BCUT2D eigenvalue weighted by atomic mass is 10.1. The highest BCUT2D eigenvalue weighted by Crippen LogP contribution is 2.19. The average Bonchev–Trinajstić information content (AvgIpc) is 3.04. The Morgan fingerprint density at radius 1 is 1.44 bits per heavy atom. The zero-order chi connectivity index (χ0) is 12.1. The van der Waals surface area contributed by atoms with Gasteiger partial charge in [0, 0.05) is 12.8 Å². The summed E-state index contributed by atoms with van der Waals surface area (Å²) < 4.78 is 3.95. The molecule has 0 unspecified atom stereocenters. The van der Waals surface area contributed by atoms with E-state index in [-0.39, 0.29) is 11.3 Å². The van der Waals surface area contributed by atoms with E-state index >= 15 is 0 Å². The van der Waals surface area contributed by atoms with E-state index in [1.807, 2.05) is 0 Å². The number of aryl methyl sites for hydroxylation is 1. The number of hydrogen-bond acceptors (Lipinski definition) is 4. The van der Waals surface area contributed by atoms with Crippen molar-refractivity contribution in [3.8, 4) is 5.75 Å². The van der Waals surface area contributed by atoms with Crippen molar-refractivity contribution in [1.82, 2.24) is 0 Å². The number of ketones is 1. The topological polar surface area (TPSA) is 63.6 Å². The molecular weight excluding hydrogens is 232 g/mol. The van der Waals surface area contributed by atoms with Gasteiger partial charge in [0.2, 0.25) is 0 Å². The molecule has 86 valence electrons. The Balaban J connectivity index is 0.000000267. The lowest BCUT2D eigenvalue weighted by molar-refractivity contribution is -0.109. The van der Waals surface area contributed by atoms with E-state index in [4.69, 9.17) is 11.9 Å². The number of carbonyl (C=O) groups is 2. The van der Waals surface area contributed by atoms with E-state index in [9.17, 15) is 14.7 Å². The second-order valence-electron chi connectivity index (χ2n) is 3.42. The van der Waals surface area contributed by atoms with Crippen LogP contribution < -0.4 is 0 Å². The van der Waals surface area contributed by atoms with Crippen LogP contribution in [0.15, 0.2) is 18.2 Å². The SMILES string of the molecule is Cc1ccc(O)c(C(=O)OCl)c1.O=C1CC1. The molecule has 2 rings (SSSR count). The van der Waals surface area contributed by atoms with E-state index in [0.29, 0.717) is 5.78 Å². The molecule has 0 saturated heterocycles. The molecule has 1 saturated carbocycles. The summed E-state index contributed by atoms with van der Waals surface area (Å²) >= 11 is 4.85. The van der Waals surface area contributed by atoms with Crippen molar-refractivity contribution in [2.24, 2.45) is 0 Å². The molecule has 0 radical (unpaired) electrons. The Morgan fingerprint density at radius 3 is 2.44 bits per heavy atom. The van der Waals surface area contributed by atoms with Gasteiger partial charge >= 0.3 is 5.97 Å². The van der Waals surface area contributed by atoms with Gasteiger partial charge in [-0.05, 0) is 19.1 Å². The minimum Gasteiger partial charge on any atom is -0.507 e. The van der Waals surface area contributed by atoms with Crippen molar-refractivity contribution in [2.45, 2.75) is 19.8 Å². The molecule has 0 aliphatic heterocycles. The molecule has 16 heavy (non-hydrogen) atoms. The maximum absolute atomic E-state index is 10.9. The number of phenolic OH excluding ortho intramolecular Hbond substituents is 1. The van der Waals surface area contributed by atoms with Crippen LogP contribution in [0, 0.1) is 6.92 Å². The molecule has 1 aromatic rings. The van der Waals surface area contributed by atoms with Crippen molar-refractivity contribution in [3.05, 3.63) is 29.3 Å². The average molecular weight is 243 g/mol. The molecule has 0 amide bonds. The fourth-order valence-corrected chi connectivity index (χ4v) is 0.989. The van der Waals surface area contributed by atoms with Crippen LogP contribution in [-0.4, -0.2) is 16.9 Å². The minimum absolute atomic E-state index is 0.0741. The lowest BCUT2D eigenvalue weighted by Gasteiger charge is -2.00. The molecule has 1 fully saturated rings. The normalized spacial score (nSPS) is 12.5. The van der Waals surface area contributed by atoms with Crippen LogP contribution >= 0.6 is 11.9 Å². The number of benzene rings is 1. The van der Waals surface area contributed by atoms with Crippen LogP contribution in [0.2, 0.25) is 0 Å². The van der Waals surface area contributed by atoms with Gasteiger partial charge in [-0.1, -0.05) is 11.6 Å². The second-order valence-corrected chi connectivity index (χ2v) is 3.58. The number of Topliss-reactive ketones (excluding diaryl/α,β-unsaturated/α-hetero) is 1. The maximum atomic E-state index is 10.9. The maximum Gasteiger partial charge on any atom is 0.360 e. The summed E-state index contributed by atoms with van der Waals surface area (Å²) in [5, 5.41) is 9.18. The van der Waals surface area contributed by atoms with Crippen molar-refractivity contribution in [3.63, 3.8) is 0 Å². The van der Waals surface area contributed by atoms with Gasteiger partial charge in [0.25, 0.3) is 0 Å². The van der Waals surface area contributed by atoms with Crippen molar-refractivity contribution < 1.29 is 19.0 Å². The summed E-state index contributed by atoms with van der Waals surface area (Å²) in [6.07, 6.45) is 1.69. The fraction of sp³-hybridized carbons (Fsp3) is 0.273. The molecule has 1 aliphatic carbocycles. The highest BCUT2D eigenvalue weighted by atomic mass is 35.5. The summed E-state index contributed by atoms with van der Waals surface area (Å²) in [5.41, 5.74) is 0.926. The number of phenols is 1. The van der Waals surface area contributed by atoms with Gasteiger partial charge in [-0.15, -0.1) is 0 Å². The van der Waals surface area contributed by atoms with Gasteiger partial charge in [-0.3, -0.25) is 4.79 Å². The predicted octanol–water partition coefficient (Wildman–Crippen LogP) is 2.36. The monoisotopic (exact) mass is 242 g/mol. The van der Waals surface area contributed by atoms with Crippen LogP contribution in [0.4, 0.5) is 0 Å². The largest absolute Gasteiger partial charge is 0.507 e. The van der Waals surface area contributed by atoms with Crippen molar-refractivity contribution in [1.29, 1.82) is 0 Å². The first-order valence-corrected chi connectivity index (χ1v) is 4.99. The molecular formula is C11H11ClO4. The zero-order valence-electron chi connectivity index (χ0n) is 8.70. The molecule has 1 aliphatic rings. The summed E-state index contributed by atoms with van der Waals surface area (Å²) in [6, 6.07) is 4.60. The van der Waals surface area contributed by atoms with Crippen LogP contribution in [0.25, 0.3) is 0 Å². The van der Waals surface area contributed by atoms with Crippen molar-refractivity contribution >= 4 is 23.6 Å². The minimum atomic E-state index is -0.752. The molecule has 0 heterocycles. The van der Waals surface area contributed by atoms with E-state index < -0.39 is 5.97 Å². The predicted molar refractivity (Wildman–Crippen MR) is 58.4 cm³/mol. The highest BCUT2D eigenvalue weighted by molar-refractivity contribution is 6.16. The quantitative estimate of drug-likeness (QED) is 0.821. The van der Waals surface area contributed by atoms with Gasteiger partial charge in [0.05, 0.1) is 0 Å². The van der Waals surface area contributed by atoms with Crippen LogP contribution in [0.5, 0.6) is 5.75 Å². The Labute approximate surface area is 98.0 Å². The van der Waals surface area contributed by atoms with Gasteiger partial charge < -0.3 is 9.40 Å². The molecule has 0 spiro atoms. The summed E-state index contributed by atoms with van der Waals surface area (Å²) in [6.45, 7) is 1.80. The lowest BCUT2D eigenvalue weighted by Crippen LogP contribution is -1.98. The van der Waals surface area contributed by atoms with Crippen LogP contribution in [0.3, 0.4) is 0 Å².